The van der Waals surface area contributed by atoms with Crippen molar-refractivity contribution in [2.75, 3.05) is 4.90 Å². The molecule has 0 spiro atoms. The molecule has 0 radical (unpaired) electrons. The molecule has 2 heteroatoms. The zero-order valence-corrected chi connectivity index (χ0v) is 29.4. The Morgan fingerprint density at radius 1 is 0.462 bits per heavy atom. The quantitative estimate of drug-likeness (QED) is 0.168. The van der Waals surface area contributed by atoms with E-state index < -0.39 is 0 Å². The van der Waals surface area contributed by atoms with E-state index in [2.05, 4.69) is 170 Å². The fourth-order valence-corrected chi connectivity index (χ4v) is 8.56. The molecule has 1 aliphatic rings. The van der Waals surface area contributed by atoms with E-state index in [4.69, 9.17) is 4.42 Å². The highest BCUT2D eigenvalue weighted by Gasteiger charge is 2.25. The lowest BCUT2D eigenvalue weighted by atomic mass is 9.90. The standard InChI is InChI=1S/C50H37NO/c1-3-32-13-5-6-17-38(32)49-33(4-2)14-11-23-46(49)51(37-29-30-40-42-20-9-15-35-16-10-21-43(48(35)42)45(40)31-37)36-27-25-34(26-28-36)39-19-12-22-44-41-18-7-8-24-47(41)52-50(39)44/h5-31H,3-4H2,1-2H3. The average molecular weight is 668 g/mol. The Hall–Kier alpha value is -6.38. The first-order chi connectivity index (χ1) is 25.7. The minimum Gasteiger partial charge on any atom is -0.455 e. The summed E-state index contributed by atoms with van der Waals surface area (Å²) in [6.07, 6.45) is 1.91. The molecular formula is C50H37NO. The van der Waals surface area contributed by atoms with Crippen LogP contribution in [0.2, 0.25) is 0 Å². The fourth-order valence-electron chi connectivity index (χ4n) is 8.56. The second-order valence-electron chi connectivity index (χ2n) is 13.8. The Balaban J connectivity index is 1.18. The molecule has 0 amide bonds. The van der Waals surface area contributed by atoms with Crippen molar-refractivity contribution in [2.24, 2.45) is 0 Å². The van der Waals surface area contributed by atoms with Gasteiger partial charge in [-0.05, 0) is 105 Å². The van der Waals surface area contributed by atoms with Crippen LogP contribution in [0.4, 0.5) is 17.1 Å². The van der Waals surface area contributed by atoms with Gasteiger partial charge in [-0.15, -0.1) is 0 Å². The van der Waals surface area contributed by atoms with Crippen molar-refractivity contribution in [1.82, 2.24) is 0 Å². The van der Waals surface area contributed by atoms with E-state index in [1.165, 1.54) is 61.0 Å². The summed E-state index contributed by atoms with van der Waals surface area (Å²) in [6, 6.07) is 59.9. The Morgan fingerprint density at radius 2 is 1.10 bits per heavy atom. The van der Waals surface area contributed by atoms with Crippen molar-refractivity contribution in [3.8, 4) is 44.5 Å². The van der Waals surface area contributed by atoms with Crippen LogP contribution < -0.4 is 4.90 Å². The van der Waals surface area contributed by atoms with Crippen molar-refractivity contribution in [1.29, 1.82) is 0 Å². The van der Waals surface area contributed by atoms with Crippen LogP contribution in [0.5, 0.6) is 0 Å². The maximum Gasteiger partial charge on any atom is 0.143 e. The molecule has 2 nitrogen and oxygen atoms in total. The van der Waals surface area contributed by atoms with Gasteiger partial charge < -0.3 is 9.32 Å². The maximum atomic E-state index is 6.45. The van der Waals surface area contributed by atoms with Gasteiger partial charge in [-0.1, -0.05) is 141 Å². The van der Waals surface area contributed by atoms with Gasteiger partial charge in [-0.25, -0.2) is 0 Å². The Bertz CT molecular complexity index is 2820. The summed E-state index contributed by atoms with van der Waals surface area (Å²) in [6.45, 7) is 4.52. The lowest BCUT2D eigenvalue weighted by Gasteiger charge is -2.30. The van der Waals surface area contributed by atoms with Gasteiger partial charge in [0.15, 0.2) is 0 Å². The predicted molar refractivity (Wildman–Crippen MR) is 220 cm³/mol. The summed E-state index contributed by atoms with van der Waals surface area (Å²) in [4.78, 5) is 2.47. The molecule has 1 aromatic heterocycles. The molecule has 0 saturated carbocycles. The van der Waals surface area contributed by atoms with Gasteiger partial charge in [0.2, 0.25) is 0 Å². The van der Waals surface area contributed by atoms with Crippen molar-refractivity contribution < 1.29 is 4.42 Å². The summed E-state index contributed by atoms with van der Waals surface area (Å²) in [5.74, 6) is 0. The molecular weight excluding hydrogens is 631 g/mol. The number of benzene rings is 8. The summed E-state index contributed by atoms with van der Waals surface area (Å²) in [5.41, 5.74) is 18.0. The van der Waals surface area contributed by atoms with Crippen LogP contribution in [-0.4, -0.2) is 0 Å². The third-order valence-corrected chi connectivity index (χ3v) is 11.0. The van der Waals surface area contributed by atoms with Crippen LogP contribution in [0.15, 0.2) is 168 Å². The molecule has 1 aliphatic carbocycles. The molecule has 52 heavy (non-hydrogen) atoms. The number of anilines is 3. The molecule has 1 heterocycles. The van der Waals surface area contributed by atoms with E-state index in [1.54, 1.807) is 0 Å². The third-order valence-electron chi connectivity index (χ3n) is 11.0. The number of aryl methyl sites for hydroxylation is 2. The van der Waals surface area contributed by atoms with E-state index in [-0.39, 0.29) is 0 Å². The number of rotatable bonds is 7. The van der Waals surface area contributed by atoms with Gasteiger partial charge >= 0.3 is 0 Å². The zero-order valence-electron chi connectivity index (χ0n) is 29.4. The van der Waals surface area contributed by atoms with Gasteiger partial charge in [0, 0.05) is 33.3 Å². The lowest BCUT2D eigenvalue weighted by molar-refractivity contribution is 0.670. The number of hydrogen-bond acceptors (Lipinski definition) is 2. The second-order valence-corrected chi connectivity index (χ2v) is 13.8. The zero-order chi connectivity index (χ0) is 34.8. The minimum atomic E-state index is 0.915. The Kier molecular flexibility index (Phi) is 7.11. The van der Waals surface area contributed by atoms with Crippen molar-refractivity contribution in [3.63, 3.8) is 0 Å². The van der Waals surface area contributed by atoms with E-state index in [0.29, 0.717) is 0 Å². The van der Waals surface area contributed by atoms with Crippen molar-refractivity contribution >= 4 is 49.8 Å². The van der Waals surface area contributed by atoms with Gasteiger partial charge in [0.25, 0.3) is 0 Å². The third kappa shape index (κ3) is 4.64. The van der Waals surface area contributed by atoms with Gasteiger partial charge in [-0.3, -0.25) is 0 Å². The highest BCUT2D eigenvalue weighted by Crippen LogP contribution is 2.51. The smallest absolute Gasteiger partial charge is 0.143 e. The largest absolute Gasteiger partial charge is 0.455 e. The van der Waals surface area contributed by atoms with E-state index in [9.17, 15) is 0 Å². The van der Waals surface area contributed by atoms with Crippen LogP contribution >= 0.6 is 0 Å². The van der Waals surface area contributed by atoms with Crippen LogP contribution in [0, 0.1) is 0 Å². The van der Waals surface area contributed by atoms with Crippen LogP contribution in [0.1, 0.15) is 25.0 Å². The van der Waals surface area contributed by atoms with Gasteiger partial charge in [-0.2, -0.15) is 0 Å². The highest BCUT2D eigenvalue weighted by atomic mass is 16.3. The number of para-hydroxylation sites is 2. The topological polar surface area (TPSA) is 16.4 Å². The molecule has 0 aliphatic heterocycles. The molecule has 248 valence electrons. The van der Waals surface area contributed by atoms with Gasteiger partial charge in [0.1, 0.15) is 11.2 Å². The number of hydrogen-bond donors (Lipinski definition) is 0. The molecule has 0 fully saturated rings. The SMILES string of the molecule is CCc1ccccc1-c1c(CC)cccc1N(c1ccc(-c2cccc3c2oc2ccccc23)cc1)c1ccc2c(c1)-c1cccc3cccc-2c13. The van der Waals surface area contributed by atoms with E-state index in [1.807, 2.05) is 12.1 Å². The minimum absolute atomic E-state index is 0.915. The molecule has 10 rings (SSSR count). The van der Waals surface area contributed by atoms with Crippen molar-refractivity contribution in [3.05, 3.63) is 175 Å². The monoisotopic (exact) mass is 667 g/mol. The van der Waals surface area contributed by atoms with Crippen LogP contribution in [0.3, 0.4) is 0 Å². The number of fused-ring (bicyclic) bond motifs is 6. The normalized spacial score (nSPS) is 11.8. The molecule has 8 aromatic carbocycles. The predicted octanol–water partition coefficient (Wildman–Crippen LogP) is 14.3. The van der Waals surface area contributed by atoms with E-state index >= 15 is 0 Å². The number of furan rings is 1. The summed E-state index contributed by atoms with van der Waals surface area (Å²) >= 11 is 0. The average Bonchev–Trinajstić information content (AvgIpc) is 3.75. The first-order valence-corrected chi connectivity index (χ1v) is 18.4. The molecule has 9 aromatic rings. The molecule has 0 saturated heterocycles. The summed E-state index contributed by atoms with van der Waals surface area (Å²) in [7, 11) is 0. The molecule has 0 atom stereocenters. The van der Waals surface area contributed by atoms with Crippen LogP contribution in [-0.2, 0) is 12.8 Å². The first kappa shape index (κ1) is 30.4. The van der Waals surface area contributed by atoms with Gasteiger partial charge in [0.05, 0.1) is 5.69 Å². The highest BCUT2D eigenvalue weighted by molar-refractivity contribution is 6.16. The molecule has 0 N–H and O–H groups in total. The Labute approximate surface area is 304 Å². The maximum absolute atomic E-state index is 6.45. The van der Waals surface area contributed by atoms with Crippen LogP contribution in [0.25, 0.3) is 77.2 Å². The van der Waals surface area contributed by atoms with E-state index in [0.717, 1.165) is 57.3 Å². The van der Waals surface area contributed by atoms with Crippen molar-refractivity contribution in [2.45, 2.75) is 26.7 Å². The summed E-state index contributed by atoms with van der Waals surface area (Å²) in [5, 5.41) is 4.92. The fraction of sp³-hybridized carbons (Fsp3) is 0.0800. The Morgan fingerprint density at radius 3 is 1.92 bits per heavy atom. The molecule has 0 unspecified atom stereocenters. The lowest BCUT2D eigenvalue weighted by Crippen LogP contribution is -2.12. The first-order valence-electron chi connectivity index (χ1n) is 18.4. The molecule has 0 bridgehead atoms. The number of nitrogens with zero attached hydrogens (tertiary/aromatic N) is 1. The second kappa shape index (κ2) is 12.1. The summed E-state index contributed by atoms with van der Waals surface area (Å²) < 4.78 is 6.45.